The molecule has 0 radical (unpaired) electrons. The molecule has 1 rings (SSSR count). The first kappa shape index (κ1) is 16.8. The molecular formula is C15H22N4O2. The summed E-state index contributed by atoms with van der Waals surface area (Å²) >= 11 is 0. The van der Waals surface area contributed by atoms with Gasteiger partial charge in [0.25, 0.3) is 0 Å². The Kier molecular flexibility index (Phi) is 6.00. The quantitative estimate of drug-likeness (QED) is 0.778. The molecule has 21 heavy (non-hydrogen) atoms. The van der Waals surface area contributed by atoms with Gasteiger partial charge >= 0.3 is 0 Å². The number of likely N-dealkylation sites (N-methyl/N-ethyl adjacent to an activating group) is 1. The van der Waals surface area contributed by atoms with Gasteiger partial charge in [0.15, 0.2) is 0 Å². The monoisotopic (exact) mass is 290 g/mol. The van der Waals surface area contributed by atoms with Crippen LogP contribution in [0.3, 0.4) is 0 Å². The Morgan fingerprint density at radius 2 is 2.19 bits per heavy atom. The third kappa shape index (κ3) is 4.65. The second-order valence-electron chi connectivity index (χ2n) is 5.09. The van der Waals surface area contributed by atoms with E-state index in [-0.39, 0.29) is 17.9 Å². The van der Waals surface area contributed by atoms with Gasteiger partial charge in [0.05, 0.1) is 36.5 Å². The molecule has 2 atom stereocenters. The van der Waals surface area contributed by atoms with Gasteiger partial charge in [0.1, 0.15) is 5.75 Å². The summed E-state index contributed by atoms with van der Waals surface area (Å²) in [5.74, 6) is 0.342. The lowest BCUT2D eigenvalue weighted by Gasteiger charge is -2.24. The van der Waals surface area contributed by atoms with Crippen LogP contribution in [-0.2, 0) is 4.79 Å². The molecule has 0 aliphatic rings. The highest BCUT2D eigenvalue weighted by atomic mass is 16.5. The minimum Gasteiger partial charge on any atom is -0.497 e. The number of anilines is 2. The molecule has 2 unspecified atom stereocenters. The van der Waals surface area contributed by atoms with E-state index < -0.39 is 0 Å². The molecule has 0 bridgehead atoms. The van der Waals surface area contributed by atoms with Crippen molar-refractivity contribution in [1.29, 1.82) is 5.26 Å². The predicted octanol–water partition coefficient (Wildman–Crippen LogP) is 1.70. The topological polar surface area (TPSA) is 91.4 Å². The molecule has 0 aliphatic heterocycles. The summed E-state index contributed by atoms with van der Waals surface area (Å²) in [4.78, 5) is 14.0. The fourth-order valence-corrected chi connectivity index (χ4v) is 1.85. The van der Waals surface area contributed by atoms with Crippen molar-refractivity contribution >= 4 is 17.3 Å². The lowest BCUT2D eigenvalue weighted by Crippen LogP contribution is -2.41. The van der Waals surface area contributed by atoms with E-state index in [9.17, 15) is 4.79 Å². The minimum absolute atomic E-state index is 0.128. The van der Waals surface area contributed by atoms with Gasteiger partial charge in [0.2, 0.25) is 5.91 Å². The van der Waals surface area contributed by atoms with E-state index in [1.807, 2.05) is 18.9 Å². The SMILES string of the molecule is COc1ccc(NC(=O)C(C)N(C)CC(C)C#N)c(N)c1. The van der Waals surface area contributed by atoms with Gasteiger partial charge in [-0.05, 0) is 33.0 Å². The molecule has 0 aromatic heterocycles. The number of nitrogens with two attached hydrogens (primary N) is 1. The van der Waals surface area contributed by atoms with Crippen LogP contribution >= 0.6 is 0 Å². The van der Waals surface area contributed by atoms with E-state index in [0.29, 0.717) is 23.7 Å². The Bertz CT molecular complexity index is 539. The summed E-state index contributed by atoms with van der Waals surface area (Å²) in [7, 11) is 3.37. The van der Waals surface area contributed by atoms with Crippen LogP contribution in [0.2, 0.25) is 0 Å². The van der Waals surface area contributed by atoms with E-state index in [4.69, 9.17) is 15.7 Å². The zero-order valence-electron chi connectivity index (χ0n) is 12.9. The van der Waals surface area contributed by atoms with Crippen molar-refractivity contribution in [3.63, 3.8) is 0 Å². The van der Waals surface area contributed by atoms with Gasteiger partial charge in [-0.15, -0.1) is 0 Å². The number of carbonyl (C=O) groups excluding carboxylic acids is 1. The zero-order valence-corrected chi connectivity index (χ0v) is 12.9. The smallest absolute Gasteiger partial charge is 0.241 e. The van der Waals surface area contributed by atoms with E-state index in [2.05, 4.69) is 11.4 Å². The number of hydrogen-bond acceptors (Lipinski definition) is 5. The number of methoxy groups -OCH3 is 1. The van der Waals surface area contributed by atoms with Gasteiger partial charge < -0.3 is 15.8 Å². The average molecular weight is 290 g/mol. The number of nitriles is 1. The molecule has 0 heterocycles. The van der Waals surface area contributed by atoms with Gasteiger partial charge in [0, 0.05) is 12.6 Å². The maximum Gasteiger partial charge on any atom is 0.241 e. The summed E-state index contributed by atoms with van der Waals surface area (Å²) in [5, 5.41) is 11.6. The van der Waals surface area contributed by atoms with Crippen molar-refractivity contribution in [2.45, 2.75) is 19.9 Å². The van der Waals surface area contributed by atoms with Gasteiger partial charge in [-0.2, -0.15) is 5.26 Å². The predicted molar refractivity (Wildman–Crippen MR) is 82.9 cm³/mol. The van der Waals surface area contributed by atoms with E-state index in [1.165, 1.54) is 0 Å². The molecule has 3 N–H and O–H groups in total. The van der Waals surface area contributed by atoms with Crippen LogP contribution in [0.25, 0.3) is 0 Å². The Morgan fingerprint density at radius 1 is 1.52 bits per heavy atom. The lowest BCUT2D eigenvalue weighted by molar-refractivity contribution is -0.120. The Labute approximate surface area is 125 Å². The zero-order chi connectivity index (χ0) is 16.0. The molecule has 1 amide bonds. The van der Waals surface area contributed by atoms with Crippen molar-refractivity contribution in [1.82, 2.24) is 4.90 Å². The molecule has 6 nitrogen and oxygen atoms in total. The van der Waals surface area contributed by atoms with Crippen LogP contribution in [0.4, 0.5) is 11.4 Å². The second kappa shape index (κ2) is 7.50. The van der Waals surface area contributed by atoms with Crippen molar-refractivity contribution < 1.29 is 9.53 Å². The second-order valence-corrected chi connectivity index (χ2v) is 5.09. The lowest BCUT2D eigenvalue weighted by atomic mass is 10.1. The van der Waals surface area contributed by atoms with Gasteiger partial charge in [-0.3, -0.25) is 9.69 Å². The summed E-state index contributed by atoms with van der Waals surface area (Å²) in [6.07, 6.45) is 0. The first-order valence-corrected chi connectivity index (χ1v) is 6.73. The van der Waals surface area contributed by atoms with Crippen molar-refractivity contribution in [2.75, 3.05) is 31.8 Å². The van der Waals surface area contributed by atoms with Crippen LogP contribution in [-0.4, -0.2) is 37.6 Å². The molecule has 1 aromatic rings. The molecule has 0 fully saturated rings. The molecule has 114 valence electrons. The molecule has 0 saturated carbocycles. The largest absolute Gasteiger partial charge is 0.497 e. The number of nitrogen functional groups attached to an aromatic ring is 1. The average Bonchev–Trinajstić information content (AvgIpc) is 2.47. The standard InChI is InChI=1S/C15H22N4O2/c1-10(8-16)9-19(3)11(2)15(20)18-14-6-5-12(21-4)7-13(14)17/h5-7,10-11H,9,17H2,1-4H3,(H,18,20). The van der Waals surface area contributed by atoms with Crippen LogP contribution in [0, 0.1) is 17.2 Å². The Hall–Kier alpha value is -2.26. The maximum atomic E-state index is 12.2. The molecule has 6 heteroatoms. The minimum atomic E-state index is -0.359. The number of nitrogens with one attached hydrogen (secondary N) is 1. The molecule has 0 aliphatic carbocycles. The molecule has 0 saturated heterocycles. The first-order valence-electron chi connectivity index (χ1n) is 6.73. The number of hydrogen-bond donors (Lipinski definition) is 2. The fourth-order valence-electron chi connectivity index (χ4n) is 1.85. The highest BCUT2D eigenvalue weighted by Gasteiger charge is 2.20. The summed E-state index contributed by atoms with van der Waals surface area (Å²) in [6, 6.07) is 6.89. The van der Waals surface area contributed by atoms with Gasteiger partial charge in [-0.25, -0.2) is 0 Å². The summed E-state index contributed by atoms with van der Waals surface area (Å²) in [5.41, 5.74) is 6.87. The number of amides is 1. The van der Waals surface area contributed by atoms with Crippen molar-refractivity contribution in [3.8, 4) is 11.8 Å². The van der Waals surface area contributed by atoms with Crippen molar-refractivity contribution in [3.05, 3.63) is 18.2 Å². The third-order valence-electron chi connectivity index (χ3n) is 3.34. The van der Waals surface area contributed by atoms with Crippen molar-refractivity contribution in [2.24, 2.45) is 5.92 Å². The summed E-state index contributed by atoms with van der Waals surface area (Å²) < 4.78 is 5.07. The van der Waals surface area contributed by atoms with Crippen LogP contribution in [0.15, 0.2) is 18.2 Å². The maximum absolute atomic E-state index is 12.2. The molecular weight excluding hydrogens is 268 g/mol. The number of benzene rings is 1. The Morgan fingerprint density at radius 3 is 2.71 bits per heavy atom. The summed E-state index contributed by atoms with van der Waals surface area (Å²) in [6.45, 7) is 4.14. The number of rotatable bonds is 6. The van der Waals surface area contributed by atoms with E-state index in [1.54, 1.807) is 32.2 Å². The fraction of sp³-hybridized carbons (Fsp3) is 0.467. The number of carbonyl (C=O) groups is 1. The number of ether oxygens (including phenoxy) is 1. The third-order valence-corrected chi connectivity index (χ3v) is 3.34. The number of nitrogens with zero attached hydrogens (tertiary/aromatic N) is 2. The Balaban J connectivity index is 2.70. The molecule has 1 aromatic carbocycles. The highest BCUT2D eigenvalue weighted by molar-refractivity contribution is 5.97. The van der Waals surface area contributed by atoms with Crippen LogP contribution in [0.1, 0.15) is 13.8 Å². The highest BCUT2D eigenvalue weighted by Crippen LogP contribution is 2.24. The van der Waals surface area contributed by atoms with Crippen LogP contribution in [0.5, 0.6) is 5.75 Å². The van der Waals surface area contributed by atoms with E-state index >= 15 is 0 Å². The normalized spacial score (nSPS) is 13.3. The van der Waals surface area contributed by atoms with Gasteiger partial charge in [-0.1, -0.05) is 0 Å². The first-order chi connectivity index (χ1) is 9.88. The van der Waals surface area contributed by atoms with Crippen LogP contribution < -0.4 is 15.8 Å². The van der Waals surface area contributed by atoms with E-state index in [0.717, 1.165) is 0 Å². The molecule has 0 spiro atoms.